The average molecular weight is 370 g/mol. The summed E-state index contributed by atoms with van der Waals surface area (Å²) >= 11 is 0. The summed E-state index contributed by atoms with van der Waals surface area (Å²) in [6.07, 6.45) is 0.859. The lowest BCUT2D eigenvalue weighted by Crippen LogP contribution is -2.64. The Morgan fingerprint density at radius 2 is 1.38 bits per heavy atom. The number of esters is 1. The van der Waals surface area contributed by atoms with E-state index in [0.717, 1.165) is 13.0 Å². The normalized spacial score (nSPS) is 13.5. The molecular weight excluding hydrogens is 356 g/mol. The van der Waals surface area contributed by atoms with Gasteiger partial charge in [-0.05, 0) is 6.92 Å². The molecule has 0 spiro atoms. The van der Waals surface area contributed by atoms with E-state index in [4.69, 9.17) is 0 Å². The van der Waals surface area contributed by atoms with Crippen molar-refractivity contribution in [2.45, 2.75) is 30.6 Å². The number of carbonyl (C=O) groups is 1. The van der Waals surface area contributed by atoms with Gasteiger partial charge in [0, 0.05) is 5.57 Å². The van der Waals surface area contributed by atoms with Crippen molar-refractivity contribution < 1.29 is 49.4 Å². The van der Waals surface area contributed by atoms with E-state index in [1.807, 2.05) is 0 Å². The van der Waals surface area contributed by atoms with Crippen LogP contribution in [0.5, 0.6) is 0 Å². The van der Waals surface area contributed by atoms with Crippen molar-refractivity contribution in [3.63, 3.8) is 0 Å². The van der Waals surface area contributed by atoms with E-state index in [0.29, 0.717) is 0 Å². The standard InChI is InChI=1S/C13H14F8O3/c1-4-5-23-6-10(14,15)12(18,19)13(20,21)11(16,17)7-24-9(22)8(2)3/h4H,1-2,5-7H2,3H3. The van der Waals surface area contributed by atoms with Gasteiger partial charge in [0.2, 0.25) is 0 Å². The molecule has 0 aliphatic rings. The first-order valence-electron chi connectivity index (χ1n) is 6.16. The molecule has 0 radical (unpaired) electrons. The maximum absolute atomic E-state index is 13.4. The van der Waals surface area contributed by atoms with Crippen molar-refractivity contribution in [3.05, 3.63) is 24.8 Å². The fraction of sp³-hybridized carbons (Fsp3) is 0.615. The highest BCUT2D eigenvalue weighted by molar-refractivity contribution is 5.86. The molecule has 24 heavy (non-hydrogen) atoms. The largest absolute Gasteiger partial charge is 0.456 e. The zero-order valence-electron chi connectivity index (χ0n) is 12.4. The van der Waals surface area contributed by atoms with Crippen LogP contribution in [0.4, 0.5) is 35.1 Å². The highest BCUT2D eigenvalue weighted by Crippen LogP contribution is 2.52. The summed E-state index contributed by atoms with van der Waals surface area (Å²) in [5.41, 5.74) is -0.482. The fourth-order valence-corrected chi connectivity index (χ4v) is 1.19. The number of carbonyl (C=O) groups excluding carboxylic acids is 1. The lowest BCUT2D eigenvalue weighted by molar-refractivity contribution is -0.375. The Morgan fingerprint density at radius 1 is 0.958 bits per heavy atom. The summed E-state index contributed by atoms with van der Waals surface area (Å²) in [7, 11) is 0. The molecule has 0 saturated carbocycles. The van der Waals surface area contributed by atoms with Crippen LogP contribution in [0.15, 0.2) is 24.8 Å². The van der Waals surface area contributed by atoms with E-state index < -0.39 is 55.1 Å². The number of alkyl halides is 8. The molecule has 0 N–H and O–H groups in total. The Morgan fingerprint density at radius 3 is 1.75 bits per heavy atom. The molecule has 0 atom stereocenters. The van der Waals surface area contributed by atoms with E-state index in [1.165, 1.54) is 0 Å². The number of hydrogen-bond acceptors (Lipinski definition) is 3. The van der Waals surface area contributed by atoms with Gasteiger partial charge in [0.05, 0.1) is 6.61 Å². The number of rotatable bonds is 10. The van der Waals surface area contributed by atoms with Crippen molar-refractivity contribution >= 4 is 5.97 Å². The quantitative estimate of drug-likeness (QED) is 0.193. The molecule has 0 unspecified atom stereocenters. The number of halogens is 8. The second-order valence-electron chi connectivity index (χ2n) is 4.72. The third-order valence-corrected chi connectivity index (χ3v) is 2.57. The van der Waals surface area contributed by atoms with Gasteiger partial charge in [-0.25, -0.2) is 4.79 Å². The summed E-state index contributed by atoms with van der Waals surface area (Å²) in [5.74, 6) is -26.0. The second-order valence-corrected chi connectivity index (χ2v) is 4.72. The number of ether oxygens (including phenoxy) is 2. The van der Waals surface area contributed by atoms with Crippen molar-refractivity contribution in [1.29, 1.82) is 0 Å². The van der Waals surface area contributed by atoms with Gasteiger partial charge in [-0.3, -0.25) is 0 Å². The smallest absolute Gasteiger partial charge is 0.381 e. The molecule has 0 heterocycles. The topological polar surface area (TPSA) is 35.5 Å². The highest BCUT2D eigenvalue weighted by Gasteiger charge is 2.80. The van der Waals surface area contributed by atoms with Gasteiger partial charge in [0.1, 0.15) is 6.61 Å². The number of hydrogen-bond donors (Lipinski definition) is 0. The van der Waals surface area contributed by atoms with Crippen LogP contribution in [0.2, 0.25) is 0 Å². The summed E-state index contributed by atoms with van der Waals surface area (Å²) in [6.45, 7) is 1.45. The zero-order valence-corrected chi connectivity index (χ0v) is 12.4. The molecule has 3 nitrogen and oxygen atoms in total. The predicted octanol–water partition coefficient (Wildman–Crippen LogP) is 3.85. The van der Waals surface area contributed by atoms with Crippen molar-refractivity contribution in [1.82, 2.24) is 0 Å². The second kappa shape index (κ2) is 7.49. The van der Waals surface area contributed by atoms with Crippen LogP contribution in [0.1, 0.15) is 6.92 Å². The maximum Gasteiger partial charge on any atom is 0.381 e. The van der Waals surface area contributed by atoms with E-state index in [2.05, 4.69) is 22.6 Å². The van der Waals surface area contributed by atoms with Gasteiger partial charge in [-0.1, -0.05) is 12.7 Å². The molecule has 0 aromatic carbocycles. The van der Waals surface area contributed by atoms with Crippen LogP contribution in [0.25, 0.3) is 0 Å². The Bertz CT molecular complexity index is 488. The molecule has 0 aromatic rings. The molecule has 0 aliphatic heterocycles. The Balaban J connectivity index is 5.37. The molecule has 0 aromatic heterocycles. The molecule has 0 saturated heterocycles. The van der Waals surface area contributed by atoms with E-state index in [9.17, 15) is 39.9 Å². The lowest BCUT2D eigenvalue weighted by Gasteiger charge is -2.36. The maximum atomic E-state index is 13.4. The minimum Gasteiger partial charge on any atom is -0.456 e. The predicted molar refractivity (Wildman–Crippen MR) is 66.6 cm³/mol. The lowest BCUT2D eigenvalue weighted by atomic mass is 9.99. The molecular formula is C13H14F8O3. The first-order chi connectivity index (χ1) is 10.6. The molecule has 11 heteroatoms. The van der Waals surface area contributed by atoms with E-state index >= 15 is 0 Å². The molecule has 140 valence electrons. The van der Waals surface area contributed by atoms with Crippen molar-refractivity contribution in [2.75, 3.05) is 19.8 Å². The Hall–Kier alpha value is -1.65. The van der Waals surface area contributed by atoms with Crippen LogP contribution in [0.3, 0.4) is 0 Å². The fourth-order valence-electron chi connectivity index (χ4n) is 1.19. The first-order valence-corrected chi connectivity index (χ1v) is 6.16. The minimum atomic E-state index is -6.53. The van der Waals surface area contributed by atoms with Crippen LogP contribution in [0, 0.1) is 0 Å². The minimum absolute atomic E-state index is 0.482. The molecule has 0 bridgehead atoms. The van der Waals surface area contributed by atoms with Gasteiger partial charge in [0.15, 0.2) is 6.61 Å². The highest BCUT2D eigenvalue weighted by atomic mass is 19.4. The van der Waals surface area contributed by atoms with Crippen LogP contribution >= 0.6 is 0 Å². The van der Waals surface area contributed by atoms with Gasteiger partial charge in [0.25, 0.3) is 0 Å². The zero-order chi connectivity index (χ0) is 19.4. The van der Waals surface area contributed by atoms with Gasteiger partial charge in [-0.15, -0.1) is 6.58 Å². The molecule has 0 fully saturated rings. The van der Waals surface area contributed by atoms with Crippen LogP contribution < -0.4 is 0 Å². The Labute approximate surface area is 131 Å². The van der Waals surface area contributed by atoms with Crippen LogP contribution in [-0.2, 0) is 14.3 Å². The van der Waals surface area contributed by atoms with E-state index in [-0.39, 0.29) is 0 Å². The SMILES string of the molecule is C=CCOCC(F)(F)C(F)(F)C(F)(F)C(F)(F)COC(=O)C(=C)C. The summed E-state index contributed by atoms with van der Waals surface area (Å²) in [6, 6.07) is 0. The third-order valence-electron chi connectivity index (χ3n) is 2.57. The van der Waals surface area contributed by atoms with Crippen LogP contribution in [-0.4, -0.2) is 49.5 Å². The average Bonchev–Trinajstić information content (AvgIpc) is 2.44. The molecule has 0 rings (SSSR count). The monoisotopic (exact) mass is 370 g/mol. The third kappa shape index (κ3) is 4.46. The summed E-state index contributed by atoms with van der Waals surface area (Å²) in [4.78, 5) is 10.9. The van der Waals surface area contributed by atoms with Crippen molar-refractivity contribution in [2.24, 2.45) is 0 Å². The summed E-state index contributed by atoms with van der Waals surface area (Å²) in [5, 5.41) is 0. The molecule has 0 aliphatic carbocycles. The first kappa shape index (κ1) is 22.4. The van der Waals surface area contributed by atoms with Gasteiger partial charge < -0.3 is 9.47 Å². The van der Waals surface area contributed by atoms with E-state index in [1.54, 1.807) is 0 Å². The Kier molecular flexibility index (Phi) is 6.98. The summed E-state index contributed by atoms with van der Waals surface area (Å²) < 4.78 is 114. The molecule has 0 amide bonds. The van der Waals surface area contributed by atoms with Gasteiger partial charge >= 0.3 is 29.7 Å². The van der Waals surface area contributed by atoms with Gasteiger partial charge in [-0.2, -0.15) is 35.1 Å². The van der Waals surface area contributed by atoms with Crippen molar-refractivity contribution in [3.8, 4) is 0 Å².